The van der Waals surface area contributed by atoms with Gasteiger partial charge in [-0.15, -0.1) is 0 Å². The number of amides is 2. The van der Waals surface area contributed by atoms with Gasteiger partial charge in [0.05, 0.1) is 6.61 Å². The molecule has 0 radical (unpaired) electrons. The number of hydrogen-bond donors (Lipinski definition) is 2. The average molecular weight is 334 g/mol. The van der Waals surface area contributed by atoms with Crippen LogP contribution in [-0.4, -0.2) is 30.0 Å². The van der Waals surface area contributed by atoms with Crippen molar-refractivity contribution >= 4 is 11.8 Å². The number of hydrogen-bond acceptors (Lipinski definition) is 3. The number of carbonyl (C=O) groups excluding carboxylic acids is 2. The highest BCUT2D eigenvalue weighted by Gasteiger charge is 2.28. The van der Waals surface area contributed by atoms with Gasteiger partial charge in [-0.05, 0) is 57.4 Å². The van der Waals surface area contributed by atoms with Crippen molar-refractivity contribution in [3.63, 3.8) is 0 Å². The molecule has 1 aromatic rings. The van der Waals surface area contributed by atoms with E-state index < -0.39 is 6.04 Å². The minimum absolute atomic E-state index is 0.00990. The Balaban J connectivity index is 2.80. The van der Waals surface area contributed by atoms with Gasteiger partial charge < -0.3 is 15.4 Å². The Labute approximate surface area is 145 Å². The van der Waals surface area contributed by atoms with Crippen LogP contribution in [-0.2, 0) is 4.79 Å². The predicted molar refractivity (Wildman–Crippen MR) is 96.2 cm³/mol. The Morgan fingerprint density at radius 3 is 2.17 bits per heavy atom. The first-order valence-electron chi connectivity index (χ1n) is 8.56. The number of nitrogens with one attached hydrogen (secondary N) is 2. The van der Waals surface area contributed by atoms with Crippen molar-refractivity contribution in [1.82, 2.24) is 10.6 Å². The van der Waals surface area contributed by atoms with Crippen molar-refractivity contribution in [3.8, 4) is 5.75 Å². The van der Waals surface area contributed by atoms with E-state index in [1.54, 1.807) is 24.3 Å². The molecule has 0 bridgehead atoms. The van der Waals surface area contributed by atoms with Crippen LogP contribution in [0.3, 0.4) is 0 Å². The van der Waals surface area contributed by atoms with Crippen molar-refractivity contribution in [2.24, 2.45) is 5.92 Å². The van der Waals surface area contributed by atoms with Crippen molar-refractivity contribution in [2.75, 3.05) is 6.61 Å². The topological polar surface area (TPSA) is 67.4 Å². The van der Waals surface area contributed by atoms with E-state index >= 15 is 0 Å². The molecule has 0 saturated heterocycles. The highest BCUT2D eigenvalue weighted by molar-refractivity contribution is 5.97. The summed E-state index contributed by atoms with van der Waals surface area (Å²) in [5, 5.41) is 5.84. The third-order valence-corrected chi connectivity index (χ3v) is 4.01. The lowest BCUT2D eigenvalue weighted by Gasteiger charge is -2.29. The molecule has 0 aromatic heterocycles. The van der Waals surface area contributed by atoms with Crippen LogP contribution in [0.2, 0.25) is 0 Å². The van der Waals surface area contributed by atoms with Crippen molar-refractivity contribution in [3.05, 3.63) is 29.8 Å². The fraction of sp³-hybridized carbons (Fsp3) is 0.579. The normalized spacial score (nSPS) is 12.6. The first-order chi connectivity index (χ1) is 11.2. The van der Waals surface area contributed by atoms with Crippen LogP contribution in [0, 0.1) is 5.92 Å². The first-order valence-corrected chi connectivity index (χ1v) is 8.56. The largest absolute Gasteiger partial charge is 0.494 e. The summed E-state index contributed by atoms with van der Waals surface area (Å²) in [6.07, 6.45) is 0.816. The van der Waals surface area contributed by atoms with Gasteiger partial charge in [0.2, 0.25) is 5.91 Å². The smallest absolute Gasteiger partial charge is 0.251 e. The molecule has 5 heteroatoms. The molecule has 1 rings (SSSR count). The molecular weight excluding hydrogens is 304 g/mol. The van der Waals surface area contributed by atoms with Gasteiger partial charge in [-0.2, -0.15) is 0 Å². The molecule has 24 heavy (non-hydrogen) atoms. The summed E-state index contributed by atoms with van der Waals surface area (Å²) in [6, 6.07) is 6.33. The number of rotatable bonds is 8. The molecule has 0 heterocycles. The fourth-order valence-corrected chi connectivity index (χ4v) is 2.13. The summed E-state index contributed by atoms with van der Waals surface area (Å²) in [6.45, 7) is 12.3. The molecule has 1 atom stereocenters. The van der Waals surface area contributed by atoms with Gasteiger partial charge in [0.15, 0.2) is 0 Å². The molecule has 0 aliphatic carbocycles. The third kappa shape index (κ3) is 5.87. The Hall–Kier alpha value is -2.04. The van der Waals surface area contributed by atoms with Crippen molar-refractivity contribution in [1.29, 1.82) is 0 Å². The van der Waals surface area contributed by atoms with Gasteiger partial charge in [0.1, 0.15) is 11.8 Å². The van der Waals surface area contributed by atoms with Crippen LogP contribution < -0.4 is 15.4 Å². The van der Waals surface area contributed by atoms with Crippen LogP contribution in [0.15, 0.2) is 24.3 Å². The Kier molecular flexibility index (Phi) is 7.26. The van der Waals surface area contributed by atoms with E-state index in [0.29, 0.717) is 12.2 Å². The maximum absolute atomic E-state index is 12.5. The zero-order valence-corrected chi connectivity index (χ0v) is 15.6. The van der Waals surface area contributed by atoms with E-state index in [2.05, 4.69) is 10.6 Å². The van der Waals surface area contributed by atoms with Gasteiger partial charge in [-0.3, -0.25) is 9.59 Å². The van der Waals surface area contributed by atoms with Gasteiger partial charge in [-0.1, -0.05) is 20.8 Å². The lowest BCUT2D eigenvalue weighted by atomic mass is 9.98. The molecule has 2 N–H and O–H groups in total. The molecule has 0 saturated carbocycles. The van der Waals surface area contributed by atoms with Crippen LogP contribution in [0.5, 0.6) is 5.75 Å². The summed E-state index contributed by atoms with van der Waals surface area (Å²) in [5.41, 5.74) is 0.209. The first kappa shape index (κ1) is 20.0. The van der Waals surface area contributed by atoms with Crippen LogP contribution >= 0.6 is 0 Å². The maximum Gasteiger partial charge on any atom is 0.251 e. The van der Waals surface area contributed by atoms with E-state index in [0.717, 1.165) is 12.2 Å². The number of ether oxygens (including phenoxy) is 1. The zero-order chi connectivity index (χ0) is 18.3. The Bertz CT molecular complexity index is 550. The molecule has 5 nitrogen and oxygen atoms in total. The average Bonchev–Trinajstić information content (AvgIpc) is 2.52. The maximum atomic E-state index is 12.5. The molecule has 0 aliphatic rings. The molecule has 1 aromatic carbocycles. The minimum Gasteiger partial charge on any atom is -0.494 e. The van der Waals surface area contributed by atoms with E-state index in [-0.39, 0.29) is 23.3 Å². The number of benzene rings is 1. The monoisotopic (exact) mass is 334 g/mol. The molecule has 0 aliphatic heterocycles. The van der Waals surface area contributed by atoms with Crippen LogP contribution in [0.1, 0.15) is 58.3 Å². The summed E-state index contributed by atoms with van der Waals surface area (Å²) in [5.74, 6) is 0.290. The molecule has 0 spiro atoms. The van der Waals surface area contributed by atoms with E-state index in [4.69, 9.17) is 4.74 Å². The van der Waals surface area contributed by atoms with E-state index in [1.165, 1.54) is 0 Å². The summed E-state index contributed by atoms with van der Waals surface area (Å²) >= 11 is 0. The fourth-order valence-electron chi connectivity index (χ4n) is 2.13. The molecule has 0 unspecified atom stereocenters. The second kappa shape index (κ2) is 8.71. The summed E-state index contributed by atoms with van der Waals surface area (Å²) in [7, 11) is 0. The van der Waals surface area contributed by atoms with Gasteiger partial charge in [0, 0.05) is 11.1 Å². The van der Waals surface area contributed by atoms with E-state index in [9.17, 15) is 9.59 Å². The van der Waals surface area contributed by atoms with E-state index in [1.807, 2.05) is 41.5 Å². The Morgan fingerprint density at radius 1 is 1.12 bits per heavy atom. The van der Waals surface area contributed by atoms with Gasteiger partial charge >= 0.3 is 0 Å². The molecule has 2 amide bonds. The van der Waals surface area contributed by atoms with Gasteiger partial charge in [0.25, 0.3) is 5.91 Å². The highest BCUT2D eigenvalue weighted by Crippen LogP contribution is 2.14. The summed E-state index contributed by atoms with van der Waals surface area (Å²) in [4.78, 5) is 25.0. The van der Waals surface area contributed by atoms with Crippen LogP contribution in [0.4, 0.5) is 0 Å². The minimum atomic E-state index is -0.574. The molecule has 134 valence electrons. The second-order valence-electron chi connectivity index (χ2n) is 6.88. The quantitative estimate of drug-likeness (QED) is 0.767. The number of carbonyl (C=O) groups is 2. The lowest BCUT2D eigenvalue weighted by Crippen LogP contribution is -2.54. The Morgan fingerprint density at radius 2 is 1.71 bits per heavy atom. The SMILES string of the molecule is CCOc1ccc(C(=O)N[C@@H](C(=O)NC(C)(C)CC)C(C)C)cc1. The standard InChI is InChI=1S/C19H30N2O3/c1-7-19(5,6)21-18(23)16(13(3)4)20-17(22)14-9-11-15(12-10-14)24-8-2/h9-13,16H,7-8H2,1-6H3,(H,20,22)(H,21,23)/t16-/m1/s1. The van der Waals surface area contributed by atoms with Crippen molar-refractivity contribution in [2.45, 2.75) is 59.5 Å². The van der Waals surface area contributed by atoms with Crippen molar-refractivity contribution < 1.29 is 14.3 Å². The third-order valence-electron chi connectivity index (χ3n) is 4.01. The predicted octanol–water partition coefficient (Wildman–Crippen LogP) is 3.14. The highest BCUT2D eigenvalue weighted by atomic mass is 16.5. The molecular formula is C19H30N2O3. The lowest BCUT2D eigenvalue weighted by molar-refractivity contribution is -0.125. The van der Waals surface area contributed by atoms with Crippen LogP contribution in [0.25, 0.3) is 0 Å². The van der Waals surface area contributed by atoms with Gasteiger partial charge in [-0.25, -0.2) is 0 Å². The molecule has 0 fully saturated rings. The second-order valence-corrected chi connectivity index (χ2v) is 6.88. The summed E-state index contributed by atoms with van der Waals surface area (Å²) < 4.78 is 5.37. The zero-order valence-electron chi connectivity index (χ0n) is 15.6.